The van der Waals surface area contributed by atoms with Crippen LogP contribution >= 0.6 is 0 Å². The Kier molecular flexibility index (Phi) is 6.73. The molecule has 0 fully saturated rings. The van der Waals surface area contributed by atoms with Crippen LogP contribution in [0.2, 0.25) is 0 Å². The number of nitrogens with zero attached hydrogens (tertiary/aromatic N) is 2. The zero-order chi connectivity index (χ0) is 32.4. The van der Waals surface area contributed by atoms with Gasteiger partial charge in [-0.25, -0.2) is 9.78 Å². The number of rotatable bonds is 3. The van der Waals surface area contributed by atoms with E-state index in [0.29, 0.717) is 30.0 Å². The van der Waals surface area contributed by atoms with Crippen LogP contribution in [0.15, 0.2) is 77.6 Å². The Labute approximate surface area is 270 Å². The molecule has 0 saturated heterocycles. The van der Waals surface area contributed by atoms with Crippen LogP contribution < -0.4 is 24.5 Å². The minimum Gasteiger partial charge on any atom is -0.497 e. The highest BCUT2D eigenvalue weighted by atomic mass is 16.6. The highest BCUT2D eigenvalue weighted by Gasteiger charge is 2.45. The summed E-state index contributed by atoms with van der Waals surface area (Å²) in [5.74, 6) is 2.85. The van der Waals surface area contributed by atoms with Gasteiger partial charge in [-0.05, 0) is 42.8 Å². The highest BCUT2D eigenvalue weighted by Crippen LogP contribution is 2.52. The van der Waals surface area contributed by atoms with Crippen molar-refractivity contribution in [1.29, 1.82) is 0 Å². The van der Waals surface area contributed by atoms with E-state index in [1.165, 1.54) is 5.56 Å². The molecule has 2 aromatic heterocycles. The summed E-state index contributed by atoms with van der Waals surface area (Å²) in [6.07, 6.45) is 0.140. The molecule has 1 N–H and O–H groups in total. The number of carbonyl (C=O) groups excluding carboxylic acids is 1. The molecule has 6 heterocycles. The van der Waals surface area contributed by atoms with Gasteiger partial charge < -0.3 is 33.4 Å². The molecule has 0 saturated carbocycles. The number of aromatic nitrogens is 2. The van der Waals surface area contributed by atoms with Gasteiger partial charge in [0.05, 0.1) is 55.8 Å². The van der Waals surface area contributed by atoms with Crippen LogP contribution in [0.4, 0.5) is 0 Å². The van der Waals surface area contributed by atoms with Gasteiger partial charge in [0.2, 0.25) is 0 Å². The number of esters is 1. The molecule has 10 nitrogen and oxygen atoms in total. The predicted molar refractivity (Wildman–Crippen MR) is 172 cm³/mol. The maximum Gasteiger partial charge on any atom is 0.343 e. The van der Waals surface area contributed by atoms with E-state index in [4.69, 9.17) is 28.7 Å². The minimum absolute atomic E-state index is 0.00163. The SMILES string of the molecule is CCC1(O)C(=O)OCc2c1cc1n(c2=O)Cc2cc3ccccc3nc2-1.COc1ccc2c(c1)OC1c3ccc(OC)cc3OCC21. The molecule has 0 spiro atoms. The lowest BCUT2D eigenvalue weighted by Gasteiger charge is -2.31. The lowest BCUT2D eigenvalue weighted by molar-refractivity contribution is -0.172. The van der Waals surface area contributed by atoms with Crippen LogP contribution in [0, 0.1) is 0 Å². The van der Waals surface area contributed by atoms with Gasteiger partial charge in [0.1, 0.15) is 35.7 Å². The third-order valence-electron chi connectivity index (χ3n) is 9.60. The number of aliphatic hydroxyl groups is 1. The molecule has 0 amide bonds. The molecular weight excluding hydrogens is 600 g/mol. The molecule has 0 bridgehead atoms. The maximum absolute atomic E-state index is 13.0. The standard InChI is InChI=1S/C20H16N2O4.C17H16O4/c1-2-20(25)14-8-16-17-12(7-11-5-3-4-6-15(11)21-17)9-22(16)18(23)13(14)10-26-19(20)24;1-18-10-4-6-13-15(7-10)20-9-14-12-5-3-11(19-2)8-16(12)21-17(13)14/h3-8,25H,2,9-10H2,1H3;3-8,14,17H,9H2,1-2H3. The molecule has 9 rings (SSSR count). The summed E-state index contributed by atoms with van der Waals surface area (Å²) in [4.78, 5) is 29.9. The second-order valence-electron chi connectivity index (χ2n) is 12.1. The van der Waals surface area contributed by atoms with Crippen LogP contribution in [0.3, 0.4) is 0 Å². The summed E-state index contributed by atoms with van der Waals surface area (Å²) >= 11 is 0. The van der Waals surface area contributed by atoms with Crippen molar-refractivity contribution in [3.63, 3.8) is 0 Å². The van der Waals surface area contributed by atoms with Crippen molar-refractivity contribution in [3.05, 3.63) is 111 Å². The van der Waals surface area contributed by atoms with Gasteiger partial charge in [-0.1, -0.05) is 31.2 Å². The number of carbonyl (C=O) groups is 1. The summed E-state index contributed by atoms with van der Waals surface area (Å²) in [5, 5.41) is 11.8. The van der Waals surface area contributed by atoms with Gasteiger partial charge in [-0.2, -0.15) is 0 Å². The number of hydrogen-bond donors (Lipinski definition) is 1. The van der Waals surface area contributed by atoms with Crippen molar-refractivity contribution in [3.8, 4) is 34.4 Å². The topological polar surface area (TPSA) is 118 Å². The Bertz CT molecular complexity index is 2160. The van der Waals surface area contributed by atoms with E-state index in [1.54, 1.807) is 31.8 Å². The van der Waals surface area contributed by atoms with Gasteiger partial charge in [0.15, 0.2) is 5.60 Å². The molecule has 3 aromatic carbocycles. The Morgan fingerprint density at radius 3 is 2.45 bits per heavy atom. The first-order chi connectivity index (χ1) is 22.8. The Morgan fingerprint density at radius 1 is 0.936 bits per heavy atom. The van der Waals surface area contributed by atoms with Crippen molar-refractivity contribution in [2.24, 2.45) is 0 Å². The second-order valence-corrected chi connectivity index (χ2v) is 12.1. The van der Waals surface area contributed by atoms with E-state index < -0.39 is 11.6 Å². The molecule has 4 aliphatic rings. The molecule has 0 aliphatic carbocycles. The number of hydrogen-bond acceptors (Lipinski definition) is 9. The summed E-state index contributed by atoms with van der Waals surface area (Å²) in [7, 11) is 3.32. The molecular formula is C37H32N2O8. The van der Waals surface area contributed by atoms with Crippen LogP contribution in [-0.4, -0.2) is 41.5 Å². The second kappa shape index (κ2) is 10.9. The monoisotopic (exact) mass is 632 g/mol. The summed E-state index contributed by atoms with van der Waals surface area (Å²) in [6.45, 7) is 2.62. The van der Waals surface area contributed by atoms with Gasteiger partial charge in [0.25, 0.3) is 5.56 Å². The van der Waals surface area contributed by atoms with Crippen molar-refractivity contribution in [2.45, 2.75) is 44.1 Å². The molecule has 3 unspecified atom stereocenters. The number of cyclic esters (lactones) is 1. The van der Waals surface area contributed by atoms with E-state index in [-0.39, 0.29) is 30.6 Å². The lowest BCUT2D eigenvalue weighted by Crippen LogP contribution is -2.44. The number of fused-ring (bicyclic) bond motifs is 10. The van der Waals surface area contributed by atoms with E-state index in [0.717, 1.165) is 50.7 Å². The zero-order valence-electron chi connectivity index (χ0n) is 26.1. The highest BCUT2D eigenvalue weighted by molar-refractivity contribution is 5.86. The first kappa shape index (κ1) is 29.1. The third kappa shape index (κ3) is 4.46. The lowest BCUT2D eigenvalue weighted by atomic mass is 9.86. The third-order valence-corrected chi connectivity index (χ3v) is 9.60. The van der Waals surface area contributed by atoms with E-state index >= 15 is 0 Å². The predicted octanol–water partition coefficient (Wildman–Crippen LogP) is 5.39. The average Bonchev–Trinajstić information content (AvgIpc) is 3.66. The van der Waals surface area contributed by atoms with E-state index in [2.05, 4.69) is 6.07 Å². The minimum atomic E-state index is -1.79. The molecule has 0 radical (unpaired) electrons. The molecule has 47 heavy (non-hydrogen) atoms. The first-order valence-electron chi connectivity index (χ1n) is 15.5. The van der Waals surface area contributed by atoms with E-state index in [9.17, 15) is 14.7 Å². The Hall–Kier alpha value is -5.35. The smallest absolute Gasteiger partial charge is 0.343 e. The zero-order valence-corrected chi connectivity index (χ0v) is 26.1. The quantitative estimate of drug-likeness (QED) is 0.256. The van der Waals surface area contributed by atoms with Crippen LogP contribution in [0.25, 0.3) is 22.3 Å². The normalized spacial score (nSPS) is 20.9. The van der Waals surface area contributed by atoms with Crippen molar-refractivity contribution >= 4 is 16.9 Å². The van der Waals surface area contributed by atoms with Crippen LogP contribution in [0.5, 0.6) is 23.0 Å². The molecule has 10 heteroatoms. The first-order valence-corrected chi connectivity index (χ1v) is 15.5. The Morgan fingerprint density at radius 2 is 1.68 bits per heavy atom. The molecule has 238 valence electrons. The van der Waals surface area contributed by atoms with Gasteiger partial charge in [0, 0.05) is 39.8 Å². The van der Waals surface area contributed by atoms with Crippen molar-refractivity contribution in [2.75, 3.05) is 20.8 Å². The average molecular weight is 633 g/mol. The van der Waals surface area contributed by atoms with Crippen molar-refractivity contribution in [1.82, 2.24) is 9.55 Å². The fourth-order valence-electron chi connectivity index (χ4n) is 7.00. The number of methoxy groups -OCH3 is 2. The van der Waals surface area contributed by atoms with Crippen LogP contribution in [-0.2, 0) is 28.3 Å². The molecule has 5 aromatic rings. The summed E-state index contributed by atoms with van der Waals surface area (Å²) in [6, 6.07) is 23.4. The number of benzene rings is 3. The fraction of sp³-hybridized carbons (Fsp3) is 0.270. The number of para-hydroxylation sites is 1. The summed E-state index contributed by atoms with van der Waals surface area (Å²) < 4.78 is 29.3. The van der Waals surface area contributed by atoms with Gasteiger partial charge >= 0.3 is 5.97 Å². The van der Waals surface area contributed by atoms with Crippen molar-refractivity contribution < 1.29 is 33.6 Å². The summed E-state index contributed by atoms with van der Waals surface area (Å²) in [5.41, 5.74) is 4.07. The maximum atomic E-state index is 13.0. The Balaban J connectivity index is 0.000000141. The number of ether oxygens (including phenoxy) is 5. The molecule has 3 atom stereocenters. The van der Waals surface area contributed by atoms with E-state index in [1.807, 2.05) is 60.7 Å². The van der Waals surface area contributed by atoms with Gasteiger partial charge in [-0.3, -0.25) is 4.79 Å². The van der Waals surface area contributed by atoms with Gasteiger partial charge in [-0.15, -0.1) is 0 Å². The number of pyridine rings is 2. The van der Waals surface area contributed by atoms with Crippen LogP contribution in [0.1, 0.15) is 53.2 Å². The fourth-order valence-corrected chi connectivity index (χ4v) is 7.00. The molecule has 4 aliphatic heterocycles. The largest absolute Gasteiger partial charge is 0.497 e.